The molecule has 1 unspecified atom stereocenters. The zero-order chi connectivity index (χ0) is 13.8. The molecule has 0 aromatic heterocycles. The average Bonchev–Trinajstić information content (AvgIpc) is 2.39. The molecule has 0 radical (unpaired) electrons. The van der Waals surface area contributed by atoms with E-state index in [4.69, 9.17) is 10.5 Å². The van der Waals surface area contributed by atoms with Gasteiger partial charge in [-0.15, -0.1) is 0 Å². The lowest BCUT2D eigenvalue weighted by atomic mass is 10.1. The Morgan fingerprint density at radius 3 is 2.26 bits per heavy atom. The van der Waals surface area contributed by atoms with E-state index in [9.17, 15) is 0 Å². The molecule has 100 valence electrons. The molecule has 0 fully saturated rings. The molecule has 0 aliphatic heterocycles. The maximum Gasteiger partial charge on any atom is 0.129 e. The van der Waals surface area contributed by atoms with E-state index in [0.717, 1.165) is 22.7 Å². The normalized spacial score (nSPS) is 12.0. The van der Waals surface area contributed by atoms with E-state index in [0.29, 0.717) is 0 Å². The van der Waals surface area contributed by atoms with Gasteiger partial charge in [0.2, 0.25) is 0 Å². The van der Waals surface area contributed by atoms with Crippen LogP contribution in [0.25, 0.3) is 0 Å². The standard InChI is InChI=1S/C16H20N2O/c1-12(17)13-6-4-8-15(10-13)19-16-9-5-7-14(11-16)18(2)3/h4-12H,17H2,1-3H3. The van der Waals surface area contributed by atoms with Gasteiger partial charge in [-0.1, -0.05) is 18.2 Å². The Bertz CT molecular complexity index is 500. The third-order valence-electron chi connectivity index (χ3n) is 2.95. The van der Waals surface area contributed by atoms with Gasteiger partial charge in [0.15, 0.2) is 0 Å². The van der Waals surface area contributed by atoms with Crippen LogP contribution in [0.15, 0.2) is 48.5 Å². The summed E-state index contributed by atoms with van der Waals surface area (Å²) in [6, 6.07) is 15.9. The molecule has 0 bridgehead atoms. The van der Waals surface area contributed by atoms with Crippen LogP contribution in [0.4, 0.5) is 5.69 Å². The zero-order valence-corrected chi connectivity index (χ0v) is 11.6. The number of benzene rings is 2. The van der Waals surface area contributed by atoms with Gasteiger partial charge >= 0.3 is 0 Å². The van der Waals surface area contributed by atoms with Crippen LogP contribution in [0.3, 0.4) is 0 Å². The first-order valence-electron chi connectivity index (χ1n) is 6.37. The van der Waals surface area contributed by atoms with Crippen molar-refractivity contribution < 1.29 is 4.74 Å². The van der Waals surface area contributed by atoms with Crippen molar-refractivity contribution in [3.63, 3.8) is 0 Å². The number of nitrogens with zero attached hydrogens (tertiary/aromatic N) is 1. The van der Waals surface area contributed by atoms with Crippen molar-refractivity contribution in [2.45, 2.75) is 13.0 Å². The molecule has 0 saturated heterocycles. The van der Waals surface area contributed by atoms with E-state index >= 15 is 0 Å². The van der Waals surface area contributed by atoms with Gasteiger partial charge < -0.3 is 15.4 Å². The number of anilines is 1. The predicted molar refractivity (Wildman–Crippen MR) is 79.9 cm³/mol. The summed E-state index contributed by atoms with van der Waals surface area (Å²) in [6.45, 7) is 1.96. The lowest BCUT2D eigenvalue weighted by Gasteiger charge is -2.14. The predicted octanol–water partition coefficient (Wildman–Crippen LogP) is 3.56. The van der Waals surface area contributed by atoms with Crippen LogP contribution in [0.1, 0.15) is 18.5 Å². The molecule has 19 heavy (non-hydrogen) atoms. The second-order valence-corrected chi connectivity index (χ2v) is 4.86. The van der Waals surface area contributed by atoms with Gasteiger partial charge in [0.05, 0.1) is 0 Å². The first kappa shape index (κ1) is 13.4. The highest BCUT2D eigenvalue weighted by Crippen LogP contribution is 2.26. The second kappa shape index (κ2) is 5.76. The molecule has 2 aromatic carbocycles. The van der Waals surface area contributed by atoms with Crippen molar-refractivity contribution in [3.8, 4) is 11.5 Å². The molecule has 0 aliphatic carbocycles. The fraction of sp³-hybridized carbons (Fsp3) is 0.250. The largest absolute Gasteiger partial charge is 0.457 e. The molecule has 0 saturated carbocycles. The lowest BCUT2D eigenvalue weighted by Crippen LogP contribution is -2.08. The second-order valence-electron chi connectivity index (χ2n) is 4.86. The molecular formula is C16H20N2O. The van der Waals surface area contributed by atoms with E-state index in [1.165, 1.54) is 0 Å². The first-order chi connectivity index (χ1) is 9.06. The van der Waals surface area contributed by atoms with Gasteiger partial charge in [0.25, 0.3) is 0 Å². The minimum atomic E-state index is 0.0108. The van der Waals surface area contributed by atoms with Crippen LogP contribution in [-0.4, -0.2) is 14.1 Å². The minimum Gasteiger partial charge on any atom is -0.457 e. The molecule has 2 aromatic rings. The van der Waals surface area contributed by atoms with E-state index in [1.54, 1.807) is 0 Å². The summed E-state index contributed by atoms with van der Waals surface area (Å²) in [7, 11) is 4.02. The molecule has 1 atom stereocenters. The topological polar surface area (TPSA) is 38.5 Å². The van der Waals surface area contributed by atoms with Gasteiger partial charge in [-0.2, -0.15) is 0 Å². The van der Waals surface area contributed by atoms with Crippen LogP contribution in [-0.2, 0) is 0 Å². The van der Waals surface area contributed by atoms with Crippen molar-refractivity contribution in [1.29, 1.82) is 0 Å². The van der Waals surface area contributed by atoms with E-state index in [-0.39, 0.29) is 6.04 Å². The Kier molecular flexibility index (Phi) is 4.07. The summed E-state index contributed by atoms with van der Waals surface area (Å²) in [4.78, 5) is 2.05. The van der Waals surface area contributed by atoms with Gasteiger partial charge in [0.1, 0.15) is 11.5 Å². The smallest absolute Gasteiger partial charge is 0.129 e. The molecule has 0 amide bonds. The van der Waals surface area contributed by atoms with Crippen molar-refractivity contribution >= 4 is 5.69 Å². The fourth-order valence-corrected chi connectivity index (χ4v) is 1.82. The molecule has 2 rings (SSSR count). The summed E-state index contributed by atoms with van der Waals surface area (Å²) in [6.07, 6.45) is 0. The third-order valence-corrected chi connectivity index (χ3v) is 2.95. The maximum atomic E-state index is 5.88. The molecule has 2 N–H and O–H groups in total. The number of ether oxygens (including phenoxy) is 1. The van der Waals surface area contributed by atoms with Gasteiger partial charge in [0, 0.05) is 31.9 Å². The molecule has 0 aliphatic rings. The summed E-state index contributed by atoms with van der Waals surface area (Å²) < 4.78 is 5.88. The van der Waals surface area contributed by atoms with Crippen molar-refractivity contribution in [2.24, 2.45) is 5.73 Å². The molecule has 0 heterocycles. The Labute approximate surface area is 114 Å². The Hall–Kier alpha value is -2.00. The van der Waals surface area contributed by atoms with Crippen molar-refractivity contribution in [1.82, 2.24) is 0 Å². The summed E-state index contributed by atoms with van der Waals surface area (Å²) in [5, 5.41) is 0. The molecule has 3 heteroatoms. The van der Waals surface area contributed by atoms with Crippen LogP contribution in [0.2, 0.25) is 0 Å². The van der Waals surface area contributed by atoms with Crippen LogP contribution < -0.4 is 15.4 Å². The van der Waals surface area contributed by atoms with Crippen molar-refractivity contribution in [2.75, 3.05) is 19.0 Å². The first-order valence-corrected chi connectivity index (χ1v) is 6.37. The van der Waals surface area contributed by atoms with Gasteiger partial charge in [-0.3, -0.25) is 0 Å². The highest BCUT2D eigenvalue weighted by Gasteiger charge is 2.03. The number of hydrogen-bond donors (Lipinski definition) is 1. The average molecular weight is 256 g/mol. The van der Waals surface area contributed by atoms with Crippen LogP contribution in [0, 0.1) is 0 Å². The molecular weight excluding hydrogens is 236 g/mol. The summed E-state index contributed by atoms with van der Waals surface area (Å²) >= 11 is 0. The third kappa shape index (κ3) is 3.48. The highest BCUT2D eigenvalue weighted by atomic mass is 16.5. The van der Waals surface area contributed by atoms with E-state index in [1.807, 2.05) is 74.4 Å². The lowest BCUT2D eigenvalue weighted by molar-refractivity contribution is 0.481. The van der Waals surface area contributed by atoms with Gasteiger partial charge in [-0.05, 0) is 36.8 Å². The van der Waals surface area contributed by atoms with Gasteiger partial charge in [-0.25, -0.2) is 0 Å². The maximum absolute atomic E-state index is 5.88. The number of rotatable bonds is 4. The van der Waals surface area contributed by atoms with Crippen LogP contribution in [0.5, 0.6) is 11.5 Å². The quantitative estimate of drug-likeness (QED) is 0.909. The van der Waals surface area contributed by atoms with E-state index < -0.39 is 0 Å². The Morgan fingerprint density at radius 1 is 1.00 bits per heavy atom. The van der Waals surface area contributed by atoms with Crippen molar-refractivity contribution in [3.05, 3.63) is 54.1 Å². The SMILES string of the molecule is CC(N)c1cccc(Oc2cccc(N(C)C)c2)c1. The Morgan fingerprint density at radius 2 is 1.63 bits per heavy atom. The molecule has 3 nitrogen and oxygen atoms in total. The monoisotopic (exact) mass is 256 g/mol. The van der Waals surface area contributed by atoms with Crippen LogP contribution >= 0.6 is 0 Å². The fourth-order valence-electron chi connectivity index (χ4n) is 1.82. The van der Waals surface area contributed by atoms with E-state index in [2.05, 4.69) is 0 Å². The minimum absolute atomic E-state index is 0.0108. The highest BCUT2D eigenvalue weighted by molar-refractivity contribution is 5.50. The summed E-state index contributed by atoms with van der Waals surface area (Å²) in [5.41, 5.74) is 8.06. The zero-order valence-electron chi connectivity index (χ0n) is 11.6. The molecule has 0 spiro atoms. The number of hydrogen-bond acceptors (Lipinski definition) is 3. The Balaban J connectivity index is 2.21. The number of nitrogens with two attached hydrogens (primary N) is 1. The summed E-state index contributed by atoms with van der Waals surface area (Å²) in [5.74, 6) is 1.64.